The van der Waals surface area contributed by atoms with Gasteiger partial charge in [-0.3, -0.25) is 0 Å². The van der Waals surface area contributed by atoms with Crippen LogP contribution in [-0.2, 0) is 0 Å². The largest absolute Gasteiger partial charge is 0.314 e. The van der Waals surface area contributed by atoms with E-state index in [0.29, 0.717) is 5.41 Å². The van der Waals surface area contributed by atoms with Gasteiger partial charge in [-0.05, 0) is 18.8 Å². The summed E-state index contributed by atoms with van der Waals surface area (Å²) < 4.78 is 0. The smallest absolute Gasteiger partial charge is 0.00445 e. The van der Waals surface area contributed by atoms with E-state index in [-0.39, 0.29) is 0 Å². The van der Waals surface area contributed by atoms with Gasteiger partial charge >= 0.3 is 0 Å². The van der Waals surface area contributed by atoms with Crippen molar-refractivity contribution >= 4 is 0 Å². The second-order valence-electron chi connectivity index (χ2n) is 3.65. The third-order valence-electron chi connectivity index (χ3n) is 1.79. The van der Waals surface area contributed by atoms with Gasteiger partial charge in [0, 0.05) is 12.6 Å². The molecule has 0 bridgehead atoms. The van der Waals surface area contributed by atoms with Gasteiger partial charge in [0.25, 0.3) is 0 Å². The Morgan fingerprint density at radius 1 is 1.50 bits per heavy atom. The van der Waals surface area contributed by atoms with Crippen LogP contribution in [0.3, 0.4) is 0 Å². The summed E-state index contributed by atoms with van der Waals surface area (Å²) in [6, 6.07) is 0.741. The summed E-state index contributed by atoms with van der Waals surface area (Å²) in [7, 11) is 0. The Labute approximate surface area is 51.5 Å². The lowest BCUT2D eigenvalue weighted by molar-refractivity contribution is 0.405. The van der Waals surface area contributed by atoms with Crippen molar-refractivity contribution in [1.29, 1.82) is 0 Å². The van der Waals surface area contributed by atoms with Gasteiger partial charge in [-0.1, -0.05) is 13.8 Å². The lowest BCUT2D eigenvalue weighted by Gasteiger charge is -2.13. The van der Waals surface area contributed by atoms with Crippen LogP contribution in [0.25, 0.3) is 0 Å². The van der Waals surface area contributed by atoms with Crippen LogP contribution in [0.5, 0.6) is 0 Å². The molecule has 8 heavy (non-hydrogen) atoms. The number of rotatable bonds is 0. The van der Waals surface area contributed by atoms with E-state index in [2.05, 4.69) is 26.1 Å². The molecule has 1 fully saturated rings. The molecule has 48 valence electrons. The van der Waals surface area contributed by atoms with E-state index in [1.54, 1.807) is 0 Å². The molecule has 0 spiro atoms. The Hall–Kier alpha value is -0.0400. The fourth-order valence-electron chi connectivity index (χ4n) is 1.42. The number of nitrogens with one attached hydrogen (secondary N) is 1. The number of hydrogen-bond acceptors (Lipinski definition) is 1. The summed E-state index contributed by atoms with van der Waals surface area (Å²) in [5, 5.41) is 3.41. The highest BCUT2D eigenvalue weighted by Gasteiger charge is 2.27. The average molecular weight is 113 g/mol. The van der Waals surface area contributed by atoms with Crippen LogP contribution < -0.4 is 5.32 Å². The summed E-state index contributed by atoms with van der Waals surface area (Å²) in [5.41, 5.74) is 0.555. The molecular formula is C7H15N. The molecule has 1 nitrogen and oxygen atoms in total. The van der Waals surface area contributed by atoms with Crippen LogP contribution in [0.2, 0.25) is 0 Å². The standard InChI is InChI=1S/C7H15N/c1-6-4-7(2,3)5-8-6/h6,8H,4-5H2,1-3H3/t6-/m1/s1. The topological polar surface area (TPSA) is 12.0 Å². The monoisotopic (exact) mass is 113 g/mol. The van der Waals surface area contributed by atoms with Gasteiger partial charge in [0.1, 0.15) is 0 Å². The molecule has 1 N–H and O–H groups in total. The minimum Gasteiger partial charge on any atom is -0.314 e. The van der Waals surface area contributed by atoms with Crippen molar-refractivity contribution in [1.82, 2.24) is 5.32 Å². The second kappa shape index (κ2) is 1.73. The highest BCUT2D eigenvalue weighted by atomic mass is 15.0. The minimum absolute atomic E-state index is 0.555. The van der Waals surface area contributed by atoms with Crippen molar-refractivity contribution in [2.24, 2.45) is 5.41 Å². The molecule has 0 saturated carbocycles. The van der Waals surface area contributed by atoms with Crippen molar-refractivity contribution in [2.75, 3.05) is 6.54 Å². The first-order valence-electron chi connectivity index (χ1n) is 3.33. The van der Waals surface area contributed by atoms with E-state index in [4.69, 9.17) is 0 Å². The van der Waals surface area contributed by atoms with E-state index in [9.17, 15) is 0 Å². The van der Waals surface area contributed by atoms with Crippen LogP contribution in [0.15, 0.2) is 0 Å². The van der Waals surface area contributed by atoms with E-state index < -0.39 is 0 Å². The molecule has 1 rings (SSSR count). The summed E-state index contributed by atoms with van der Waals surface area (Å²) in [6.07, 6.45) is 1.33. The molecule has 1 aliphatic heterocycles. The molecular weight excluding hydrogens is 98.1 g/mol. The fourth-order valence-corrected chi connectivity index (χ4v) is 1.42. The summed E-state index contributed by atoms with van der Waals surface area (Å²) in [4.78, 5) is 0. The third-order valence-corrected chi connectivity index (χ3v) is 1.79. The van der Waals surface area contributed by atoms with Crippen LogP contribution in [-0.4, -0.2) is 12.6 Å². The molecule has 1 heterocycles. The first-order valence-corrected chi connectivity index (χ1v) is 3.33. The van der Waals surface area contributed by atoms with Gasteiger partial charge in [0.2, 0.25) is 0 Å². The van der Waals surface area contributed by atoms with Crippen LogP contribution in [0.1, 0.15) is 27.2 Å². The zero-order chi connectivity index (χ0) is 6.20. The molecule has 0 amide bonds. The highest BCUT2D eigenvalue weighted by molar-refractivity contribution is 4.84. The molecule has 0 aromatic carbocycles. The molecule has 1 saturated heterocycles. The lowest BCUT2D eigenvalue weighted by Crippen LogP contribution is -2.18. The molecule has 1 atom stereocenters. The summed E-state index contributed by atoms with van der Waals surface area (Å²) >= 11 is 0. The normalized spacial score (nSPS) is 35.6. The molecule has 0 aromatic rings. The molecule has 0 unspecified atom stereocenters. The van der Waals surface area contributed by atoms with Crippen molar-refractivity contribution < 1.29 is 0 Å². The van der Waals surface area contributed by atoms with Crippen LogP contribution in [0, 0.1) is 5.41 Å². The van der Waals surface area contributed by atoms with Crippen molar-refractivity contribution in [3.8, 4) is 0 Å². The van der Waals surface area contributed by atoms with Crippen LogP contribution >= 0.6 is 0 Å². The lowest BCUT2D eigenvalue weighted by atomic mass is 9.91. The van der Waals surface area contributed by atoms with E-state index in [1.807, 2.05) is 0 Å². The Balaban J connectivity index is 2.44. The number of hydrogen-bond donors (Lipinski definition) is 1. The quantitative estimate of drug-likeness (QED) is 0.500. The highest BCUT2D eigenvalue weighted by Crippen LogP contribution is 2.26. The fraction of sp³-hybridized carbons (Fsp3) is 1.00. The zero-order valence-corrected chi connectivity index (χ0v) is 5.99. The van der Waals surface area contributed by atoms with E-state index in [1.165, 1.54) is 13.0 Å². The summed E-state index contributed by atoms with van der Waals surface area (Å²) in [5.74, 6) is 0. The maximum Gasteiger partial charge on any atom is 0.00445 e. The Morgan fingerprint density at radius 3 is 2.25 bits per heavy atom. The van der Waals surface area contributed by atoms with Gasteiger partial charge < -0.3 is 5.32 Å². The Kier molecular flexibility index (Phi) is 1.31. The Bertz CT molecular complexity index is 86.4. The van der Waals surface area contributed by atoms with E-state index >= 15 is 0 Å². The molecule has 0 radical (unpaired) electrons. The molecule has 1 heteroatoms. The summed E-state index contributed by atoms with van der Waals surface area (Å²) in [6.45, 7) is 8.05. The first kappa shape index (κ1) is 6.09. The predicted octanol–water partition coefficient (Wildman–Crippen LogP) is 1.39. The van der Waals surface area contributed by atoms with E-state index in [0.717, 1.165) is 6.04 Å². The SMILES string of the molecule is C[C@@H]1CC(C)(C)CN1. The van der Waals surface area contributed by atoms with Gasteiger partial charge in [0.05, 0.1) is 0 Å². The average Bonchev–Trinajstić information content (AvgIpc) is 1.82. The third kappa shape index (κ3) is 1.22. The first-order chi connectivity index (χ1) is 3.60. The maximum absolute atomic E-state index is 3.41. The second-order valence-corrected chi connectivity index (χ2v) is 3.65. The molecule has 0 aliphatic carbocycles. The van der Waals surface area contributed by atoms with Crippen molar-refractivity contribution in [3.05, 3.63) is 0 Å². The maximum atomic E-state index is 3.41. The van der Waals surface area contributed by atoms with Crippen molar-refractivity contribution in [3.63, 3.8) is 0 Å². The zero-order valence-electron chi connectivity index (χ0n) is 5.99. The predicted molar refractivity (Wildman–Crippen MR) is 35.9 cm³/mol. The Morgan fingerprint density at radius 2 is 2.12 bits per heavy atom. The minimum atomic E-state index is 0.555. The molecule has 0 aromatic heterocycles. The van der Waals surface area contributed by atoms with Gasteiger partial charge in [-0.15, -0.1) is 0 Å². The van der Waals surface area contributed by atoms with Gasteiger partial charge in [-0.25, -0.2) is 0 Å². The molecule has 1 aliphatic rings. The van der Waals surface area contributed by atoms with Gasteiger partial charge in [0.15, 0.2) is 0 Å². The van der Waals surface area contributed by atoms with Crippen molar-refractivity contribution in [2.45, 2.75) is 33.2 Å². The van der Waals surface area contributed by atoms with Gasteiger partial charge in [-0.2, -0.15) is 0 Å². The van der Waals surface area contributed by atoms with Crippen LogP contribution in [0.4, 0.5) is 0 Å².